The van der Waals surface area contributed by atoms with Gasteiger partial charge in [-0.1, -0.05) is 103 Å². The SMILES string of the molecule is O=P(c1ccccc1)(c1ccccc1)c1cccc(-c2cc3c(c4ccccc24)Oc2ccccc2O3)n1. The Bertz CT molecular complexity index is 1810. The lowest BCUT2D eigenvalue weighted by molar-refractivity contribution is 0.363. The van der Waals surface area contributed by atoms with Gasteiger partial charge in [-0.2, -0.15) is 0 Å². The largest absolute Gasteiger partial charge is 0.449 e. The molecule has 0 bridgehead atoms. The van der Waals surface area contributed by atoms with Gasteiger partial charge in [-0.25, -0.2) is 4.98 Å². The maximum absolute atomic E-state index is 14.9. The van der Waals surface area contributed by atoms with Crippen molar-refractivity contribution in [3.05, 3.63) is 133 Å². The highest BCUT2D eigenvalue weighted by Gasteiger charge is 2.32. The Hall–Kier alpha value is -4.66. The fraction of sp³-hybridized carbons (Fsp3) is 0. The number of aromatic nitrogens is 1. The summed E-state index contributed by atoms with van der Waals surface area (Å²) in [4.78, 5) is 5.05. The van der Waals surface area contributed by atoms with Crippen LogP contribution in [-0.4, -0.2) is 4.98 Å². The van der Waals surface area contributed by atoms with E-state index in [1.165, 1.54) is 0 Å². The van der Waals surface area contributed by atoms with Gasteiger partial charge in [-0.05, 0) is 35.7 Å². The molecule has 4 nitrogen and oxygen atoms in total. The van der Waals surface area contributed by atoms with E-state index in [1.54, 1.807) is 0 Å². The molecule has 0 amide bonds. The number of para-hydroxylation sites is 2. The van der Waals surface area contributed by atoms with Crippen LogP contribution in [0.4, 0.5) is 0 Å². The zero-order valence-electron chi connectivity index (χ0n) is 20.3. The molecule has 0 unspecified atom stereocenters. The van der Waals surface area contributed by atoms with Crippen LogP contribution in [0.25, 0.3) is 22.0 Å². The summed E-state index contributed by atoms with van der Waals surface area (Å²) in [6, 6.07) is 42.6. The summed E-state index contributed by atoms with van der Waals surface area (Å²) in [5, 5.41) is 3.41. The van der Waals surface area contributed by atoms with Gasteiger partial charge >= 0.3 is 0 Å². The van der Waals surface area contributed by atoms with Crippen molar-refractivity contribution in [2.75, 3.05) is 0 Å². The first-order chi connectivity index (χ1) is 18.7. The molecule has 6 aromatic rings. The van der Waals surface area contributed by atoms with Crippen LogP contribution in [0.5, 0.6) is 23.0 Å². The van der Waals surface area contributed by atoms with Gasteiger partial charge in [0.25, 0.3) is 0 Å². The number of fused-ring (bicyclic) bond motifs is 4. The van der Waals surface area contributed by atoms with Crippen LogP contribution in [0.1, 0.15) is 0 Å². The van der Waals surface area contributed by atoms with Gasteiger partial charge in [0.1, 0.15) is 5.44 Å². The zero-order chi connectivity index (χ0) is 25.5. The van der Waals surface area contributed by atoms with E-state index >= 15 is 0 Å². The van der Waals surface area contributed by atoms with Gasteiger partial charge in [-0.3, -0.25) is 0 Å². The third-order valence-corrected chi connectivity index (χ3v) is 9.76. The average Bonchev–Trinajstić information content (AvgIpc) is 3.00. The highest BCUT2D eigenvalue weighted by Crippen LogP contribution is 2.51. The summed E-state index contributed by atoms with van der Waals surface area (Å²) in [5.41, 5.74) is 2.14. The van der Waals surface area contributed by atoms with Crippen LogP contribution < -0.4 is 25.5 Å². The molecule has 1 aliphatic heterocycles. The molecule has 1 aromatic heterocycles. The van der Waals surface area contributed by atoms with E-state index < -0.39 is 7.14 Å². The molecular weight excluding hydrogens is 489 g/mol. The topological polar surface area (TPSA) is 48.4 Å². The monoisotopic (exact) mass is 511 g/mol. The van der Waals surface area contributed by atoms with E-state index in [4.69, 9.17) is 14.5 Å². The maximum Gasteiger partial charge on any atom is 0.188 e. The van der Waals surface area contributed by atoms with Crippen molar-refractivity contribution in [3.63, 3.8) is 0 Å². The smallest absolute Gasteiger partial charge is 0.188 e. The molecule has 0 N–H and O–H groups in total. The first-order valence-corrected chi connectivity index (χ1v) is 14.1. The van der Waals surface area contributed by atoms with E-state index in [0.717, 1.165) is 32.6 Å². The van der Waals surface area contributed by atoms with Gasteiger partial charge in [0.2, 0.25) is 0 Å². The molecule has 0 fully saturated rings. The Morgan fingerprint density at radius 2 is 1.11 bits per heavy atom. The van der Waals surface area contributed by atoms with Crippen molar-refractivity contribution in [1.29, 1.82) is 0 Å². The Morgan fingerprint density at radius 3 is 1.79 bits per heavy atom. The Labute approximate surface area is 220 Å². The highest BCUT2D eigenvalue weighted by atomic mass is 31.2. The van der Waals surface area contributed by atoms with Crippen LogP contribution in [0.2, 0.25) is 0 Å². The molecule has 0 saturated heterocycles. The summed E-state index contributed by atoms with van der Waals surface area (Å²) in [5.74, 6) is 2.66. The van der Waals surface area contributed by atoms with Gasteiger partial charge in [-0.15, -0.1) is 0 Å². The number of pyridine rings is 1. The van der Waals surface area contributed by atoms with Crippen molar-refractivity contribution in [3.8, 4) is 34.3 Å². The third-order valence-electron chi connectivity index (χ3n) is 6.81. The number of ether oxygens (including phenoxy) is 2. The molecule has 7 rings (SSSR count). The minimum atomic E-state index is -3.22. The number of benzene rings is 5. The van der Waals surface area contributed by atoms with Crippen molar-refractivity contribution < 1.29 is 14.0 Å². The van der Waals surface area contributed by atoms with E-state index in [-0.39, 0.29) is 0 Å². The summed E-state index contributed by atoms with van der Waals surface area (Å²) in [6.45, 7) is 0. The fourth-order valence-electron chi connectivity index (χ4n) is 5.00. The zero-order valence-corrected chi connectivity index (χ0v) is 21.2. The second kappa shape index (κ2) is 9.02. The normalized spacial score (nSPS) is 12.2. The Balaban J connectivity index is 1.43. The van der Waals surface area contributed by atoms with Gasteiger partial charge in [0, 0.05) is 21.6 Å². The Morgan fingerprint density at radius 1 is 0.526 bits per heavy atom. The lowest BCUT2D eigenvalue weighted by atomic mass is 9.99. The second-order valence-corrected chi connectivity index (χ2v) is 11.8. The van der Waals surface area contributed by atoms with Crippen LogP contribution >= 0.6 is 7.14 Å². The van der Waals surface area contributed by atoms with Crippen molar-refractivity contribution in [1.82, 2.24) is 4.98 Å². The predicted molar refractivity (Wildman–Crippen MR) is 153 cm³/mol. The van der Waals surface area contributed by atoms with Gasteiger partial charge < -0.3 is 14.0 Å². The molecule has 38 heavy (non-hydrogen) atoms. The summed E-state index contributed by atoms with van der Waals surface area (Å²) in [7, 11) is -3.22. The molecule has 0 spiro atoms. The minimum absolute atomic E-state index is 0.539. The lowest BCUT2D eigenvalue weighted by Crippen LogP contribution is -2.27. The fourth-order valence-corrected chi connectivity index (χ4v) is 7.56. The lowest BCUT2D eigenvalue weighted by Gasteiger charge is -2.23. The summed E-state index contributed by atoms with van der Waals surface area (Å²) >= 11 is 0. The molecule has 0 saturated carbocycles. The predicted octanol–water partition coefficient (Wildman–Crippen LogP) is 7.44. The molecule has 1 aliphatic rings. The molecule has 182 valence electrons. The highest BCUT2D eigenvalue weighted by molar-refractivity contribution is 7.85. The summed E-state index contributed by atoms with van der Waals surface area (Å²) < 4.78 is 27.5. The number of hydrogen-bond donors (Lipinski definition) is 0. The first-order valence-electron chi connectivity index (χ1n) is 12.4. The molecular formula is C33H22NO3P. The average molecular weight is 512 g/mol. The Kier molecular flexibility index (Phi) is 5.35. The minimum Gasteiger partial charge on any atom is -0.449 e. The van der Waals surface area contributed by atoms with Crippen LogP contribution in [0.3, 0.4) is 0 Å². The van der Waals surface area contributed by atoms with Crippen molar-refractivity contribution in [2.24, 2.45) is 0 Å². The number of hydrogen-bond acceptors (Lipinski definition) is 4. The van der Waals surface area contributed by atoms with Gasteiger partial charge in [0.15, 0.2) is 30.1 Å². The van der Waals surface area contributed by atoms with Gasteiger partial charge in [0.05, 0.1) is 5.69 Å². The first kappa shape index (κ1) is 22.5. The van der Waals surface area contributed by atoms with Crippen molar-refractivity contribution >= 4 is 34.0 Å². The molecule has 5 heteroatoms. The third kappa shape index (κ3) is 3.61. The van der Waals surface area contributed by atoms with E-state index in [0.29, 0.717) is 28.4 Å². The molecule has 5 aromatic carbocycles. The van der Waals surface area contributed by atoms with E-state index in [2.05, 4.69) is 6.07 Å². The number of rotatable bonds is 4. The van der Waals surface area contributed by atoms with E-state index in [9.17, 15) is 4.57 Å². The van der Waals surface area contributed by atoms with E-state index in [1.807, 2.05) is 127 Å². The molecule has 0 atom stereocenters. The van der Waals surface area contributed by atoms with Crippen molar-refractivity contribution in [2.45, 2.75) is 0 Å². The second-order valence-electron chi connectivity index (χ2n) is 9.11. The van der Waals surface area contributed by atoms with Crippen LogP contribution in [0, 0.1) is 0 Å². The molecule has 0 radical (unpaired) electrons. The maximum atomic E-state index is 14.9. The quantitative estimate of drug-likeness (QED) is 0.231. The standard InChI is InChI=1S/C33H22NO3P/c35-38(23-12-3-1-4-13-23,24-14-5-2-6-15-24)32-21-11-18-28(34-32)27-22-31-33(26-17-8-7-16-25(26)27)37-30-20-10-9-19-29(30)36-31/h1-22H. The number of nitrogens with zero attached hydrogens (tertiary/aromatic N) is 1. The summed E-state index contributed by atoms with van der Waals surface area (Å²) in [6.07, 6.45) is 0. The van der Waals surface area contributed by atoms with Crippen LogP contribution in [-0.2, 0) is 4.57 Å². The molecule has 0 aliphatic carbocycles. The van der Waals surface area contributed by atoms with Crippen LogP contribution in [0.15, 0.2) is 133 Å². The molecule has 2 heterocycles.